The number of rotatable bonds is 18. The summed E-state index contributed by atoms with van der Waals surface area (Å²) in [6, 6.07) is 6.39. The topological polar surface area (TPSA) is 83.5 Å². The Labute approximate surface area is 214 Å². The molecule has 1 amide bonds. The zero-order valence-corrected chi connectivity index (χ0v) is 22.8. The molecule has 0 saturated carbocycles. The lowest BCUT2D eigenvalue weighted by atomic mass is 10.1. The molecule has 0 spiro atoms. The monoisotopic (exact) mass is 589 g/mol. The number of halogens is 1. The molecule has 0 saturated heterocycles. The van der Waals surface area contributed by atoms with Gasteiger partial charge < -0.3 is 5.11 Å². The Morgan fingerprint density at radius 1 is 0.939 bits per heavy atom. The van der Waals surface area contributed by atoms with Crippen LogP contribution in [0.5, 0.6) is 0 Å². The molecule has 0 aliphatic carbocycles. The van der Waals surface area contributed by atoms with Gasteiger partial charge in [0.05, 0.1) is 11.0 Å². The number of sulfonamides is 1. The van der Waals surface area contributed by atoms with Gasteiger partial charge in [-0.2, -0.15) is 0 Å². The maximum atomic E-state index is 12.2. The van der Waals surface area contributed by atoms with Crippen LogP contribution in [0.3, 0.4) is 0 Å². The first-order valence-electron chi connectivity index (χ1n) is 12.2. The lowest BCUT2D eigenvalue weighted by Crippen LogP contribution is -2.30. The normalized spacial score (nSPS) is 13.1. The van der Waals surface area contributed by atoms with E-state index >= 15 is 0 Å². The Morgan fingerprint density at radius 2 is 1.52 bits per heavy atom. The maximum absolute atomic E-state index is 12.2. The van der Waals surface area contributed by atoms with Crippen LogP contribution in [-0.4, -0.2) is 25.5 Å². The van der Waals surface area contributed by atoms with Crippen LogP contribution in [-0.2, 0) is 14.8 Å². The van der Waals surface area contributed by atoms with Gasteiger partial charge in [-0.05, 0) is 91.8 Å². The molecule has 0 aromatic heterocycles. The van der Waals surface area contributed by atoms with Gasteiger partial charge in [0.1, 0.15) is 0 Å². The average molecular weight is 590 g/mol. The summed E-state index contributed by atoms with van der Waals surface area (Å²) >= 11 is 2.10. The minimum atomic E-state index is -3.79. The molecule has 1 aromatic carbocycles. The zero-order chi connectivity index (χ0) is 24.4. The van der Waals surface area contributed by atoms with E-state index < -0.39 is 15.9 Å². The van der Waals surface area contributed by atoms with Crippen molar-refractivity contribution in [3.05, 3.63) is 52.1 Å². The van der Waals surface area contributed by atoms with Crippen LogP contribution in [0.2, 0.25) is 0 Å². The largest absolute Gasteiger partial charge is 0.389 e. The number of allylic oxidation sites excluding steroid dienone is 3. The second-order valence-electron chi connectivity index (χ2n) is 8.33. The molecule has 33 heavy (non-hydrogen) atoms. The van der Waals surface area contributed by atoms with Crippen LogP contribution < -0.4 is 4.72 Å². The number of benzene rings is 1. The molecule has 2 N–H and O–H groups in total. The number of amides is 1. The average Bonchev–Trinajstić information content (AvgIpc) is 2.77. The van der Waals surface area contributed by atoms with E-state index in [2.05, 4.69) is 52.5 Å². The van der Waals surface area contributed by atoms with Crippen LogP contribution >= 0.6 is 22.6 Å². The molecule has 0 radical (unpaired) electrons. The fraction of sp³-hybridized carbons (Fsp3) is 0.577. The van der Waals surface area contributed by atoms with E-state index in [1.165, 1.54) is 37.8 Å². The SMILES string of the molecule is CCCC[C@@H](O)C=CCCCCCCCC=CCCCC(=O)NS(=O)(=O)c1ccc(I)cc1. The highest BCUT2D eigenvalue weighted by Crippen LogP contribution is 2.13. The summed E-state index contributed by atoms with van der Waals surface area (Å²) in [4.78, 5) is 12.0. The second-order valence-corrected chi connectivity index (χ2v) is 11.3. The van der Waals surface area contributed by atoms with Crippen molar-refractivity contribution in [1.82, 2.24) is 4.72 Å². The first-order valence-corrected chi connectivity index (χ1v) is 14.7. The minimum Gasteiger partial charge on any atom is -0.389 e. The highest BCUT2D eigenvalue weighted by atomic mass is 127. The molecule has 0 fully saturated rings. The molecular formula is C26H40INO4S. The number of hydrogen-bond acceptors (Lipinski definition) is 4. The highest BCUT2D eigenvalue weighted by Gasteiger charge is 2.16. The Kier molecular flexibility index (Phi) is 16.4. The van der Waals surface area contributed by atoms with Gasteiger partial charge in [-0.3, -0.25) is 4.79 Å². The van der Waals surface area contributed by atoms with Crippen molar-refractivity contribution in [1.29, 1.82) is 0 Å². The molecule has 1 rings (SSSR count). The van der Waals surface area contributed by atoms with Crippen molar-refractivity contribution >= 4 is 38.5 Å². The van der Waals surface area contributed by atoms with Crippen molar-refractivity contribution in [3.63, 3.8) is 0 Å². The molecule has 0 aliphatic rings. The fourth-order valence-electron chi connectivity index (χ4n) is 3.31. The molecule has 0 heterocycles. The van der Waals surface area contributed by atoms with Gasteiger partial charge in [0.2, 0.25) is 5.91 Å². The first kappa shape index (κ1) is 29.8. The van der Waals surface area contributed by atoms with Crippen LogP contribution in [0.4, 0.5) is 0 Å². The lowest BCUT2D eigenvalue weighted by Gasteiger charge is -2.06. The highest BCUT2D eigenvalue weighted by molar-refractivity contribution is 14.1. The predicted molar refractivity (Wildman–Crippen MR) is 144 cm³/mol. The van der Waals surface area contributed by atoms with Gasteiger partial charge in [0.25, 0.3) is 10.0 Å². The Hall–Kier alpha value is -1.19. The molecule has 5 nitrogen and oxygen atoms in total. The van der Waals surface area contributed by atoms with E-state index in [1.807, 2.05) is 6.08 Å². The van der Waals surface area contributed by atoms with Gasteiger partial charge in [0.15, 0.2) is 0 Å². The summed E-state index contributed by atoms with van der Waals surface area (Å²) in [6.45, 7) is 2.14. The Balaban J connectivity index is 2.01. The molecule has 1 atom stereocenters. The first-order chi connectivity index (χ1) is 15.8. The molecule has 1 aromatic rings. The van der Waals surface area contributed by atoms with Gasteiger partial charge in [0, 0.05) is 9.99 Å². The van der Waals surface area contributed by atoms with Crippen LogP contribution in [0.15, 0.2) is 53.5 Å². The number of hydrogen-bond donors (Lipinski definition) is 2. The smallest absolute Gasteiger partial charge is 0.264 e. The van der Waals surface area contributed by atoms with E-state index in [0.29, 0.717) is 6.42 Å². The van der Waals surface area contributed by atoms with Crippen molar-refractivity contribution in [3.8, 4) is 0 Å². The molecule has 0 unspecified atom stereocenters. The van der Waals surface area contributed by atoms with Crippen LogP contribution in [0.1, 0.15) is 90.4 Å². The predicted octanol–water partition coefficient (Wildman–Crippen LogP) is 6.66. The van der Waals surface area contributed by atoms with Crippen molar-refractivity contribution < 1.29 is 18.3 Å². The van der Waals surface area contributed by atoms with Crippen molar-refractivity contribution in [2.75, 3.05) is 0 Å². The Bertz CT molecular complexity index is 819. The minimum absolute atomic E-state index is 0.105. The maximum Gasteiger partial charge on any atom is 0.264 e. The third-order valence-electron chi connectivity index (χ3n) is 5.27. The van der Waals surface area contributed by atoms with Gasteiger partial charge in [-0.1, -0.05) is 63.3 Å². The molecule has 186 valence electrons. The van der Waals surface area contributed by atoms with E-state index in [4.69, 9.17) is 0 Å². The number of aliphatic hydroxyl groups is 1. The number of carbonyl (C=O) groups is 1. The van der Waals surface area contributed by atoms with E-state index in [-0.39, 0.29) is 17.4 Å². The third-order valence-corrected chi connectivity index (χ3v) is 7.38. The van der Waals surface area contributed by atoms with Crippen LogP contribution in [0.25, 0.3) is 0 Å². The number of unbranched alkanes of at least 4 members (excludes halogenated alkanes) is 8. The zero-order valence-electron chi connectivity index (χ0n) is 19.8. The van der Waals surface area contributed by atoms with Crippen molar-refractivity contribution in [2.45, 2.75) is 101 Å². The quantitative estimate of drug-likeness (QED) is 0.114. The van der Waals surface area contributed by atoms with E-state index in [9.17, 15) is 18.3 Å². The van der Waals surface area contributed by atoms with Gasteiger partial charge in [-0.25, -0.2) is 13.1 Å². The number of carbonyl (C=O) groups excluding carboxylic acids is 1. The summed E-state index contributed by atoms with van der Waals surface area (Å²) in [6.07, 6.45) is 20.7. The van der Waals surface area contributed by atoms with E-state index in [1.54, 1.807) is 12.1 Å². The number of aliphatic hydroxyl groups excluding tert-OH is 1. The summed E-state index contributed by atoms with van der Waals surface area (Å²) in [5, 5.41) is 9.74. The summed E-state index contributed by atoms with van der Waals surface area (Å²) in [7, 11) is -3.79. The van der Waals surface area contributed by atoms with Crippen LogP contribution in [0, 0.1) is 3.57 Å². The summed E-state index contributed by atoms with van der Waals surface area (Å²) in [5.41, 5.74) is 0. The van der Waals surface area contributed by atoms with Crippen molar-refractivity contribution in [2.24, 2.45) is 0 Å². The standard InChI is InChI=1S/C26H40INO4S/c1-2-3-16-24(29)17-14-12-10-8-6-4-5-7-9-11-13-15-18-26(30)28-33(31,32)25-21-19-23(27)20-22-25/h9,11,14,17,19-22,24,29H,2-8,10,12-13,15-16,18H2,1H3,(H,28,30)/t24-/m1/s1. The lowest BCUT2D eigenvalue weighted by molar-refractivity contribution is -0.119. The van der Waals surface area contributed by atoms with E-state index in [0.717, 1.165) is 48.5 Å². The fourth-order valence-corrected chi connectivity index (χ4v) is 4.68. The third kappa shape index (κ3) is 15.4. The van der Waals surface area contributed by atoms with Gasteiger partial charge >= 0.3 is 0 Å². The number of nitrogens with one attached hydrogen (secondary N) is 1. The molecule has 7 heteroatoms. The summed E-state index contributed by atoms with van der Waals surface area (Å²) in [5.74, 6) is -0.465. The molecular weight excluding hydrogens is 549 g/mol. The molecule has 0 bridgehead atoms. The summed E-state index contributed by atoms with van der Waals surface area (Å²) < 4.78 is 27.5. The molecule has 0 aliphatic heterocycles. The van der Waals surface area contributed by atoms with Gasteiger partial charge in [-0.15, -0.1) is 0 Å². The Morgan fingerprint density at radius 3 is 2.15 bits per heavy atom. The second kappa shape index (κ2) is 18.2.